The number of rotatable bonds is 19. The number of halogens is 2. The fourth-order valence-corrected chi connectivity index (χ4v) is 8.78. The van der Waals surface area contributed by atoms with Crippen LogP contribution in [0.25, 0.3) is 11.3 Å². The largest absolute Gasteiger partial charge is 0.493 e. The van der Waals surface area contributed by atoms with Crippen LogP contribution < -0.4 is 36.1 Å². The molecule has 0 bridgehead atoms. The average Bonchev–Trinajstić information content (AvgIpc) is 4.12. The second kappa shape index (κ2) is 20.4. The lowest BCUT2D eigenvalue weighted by Gasteiger charge is -2.35. The van der Waals surface area contributed by atoms with Crippen molar-refractivity contribution in [1.29, 1.82) is 0 Å². The average molecular weight is 929 g/mol. The SMILES string of the molecule is CNCCNC(=O)c1ccc(-c2cn(Cc3cccc4c3CN(C(=O)C[C@@H]3CC(C(=O)NCC(O)N5CC(F)(F)C[C@@]5(C)C(=O)C(=O)NCc5ccc(OC)c(OC)c5)NC3=O)C4)nn2)cc1. The van der Waals surface area contributed by atoms with Crippen LogP contribution in [-0.4, -0.2) is 136 Å². The van der Waals surface area contributed by atoms with Crippen LogP contribution in [0.5, 0.6) is 11.5 Å². The van der Waals surface area contributed by atoms with Crippen LogP contribution in [0.1, 0.15) is 58.8 Å². The molecule has 21 heteroatoms. The van der Waals surface area contributed by atoms with Crippen molar-refractivity contribution < 1.29 is 52.1 Å². The molecular weight excluding hydrogens is 875 g/mol. The van der Waals surface area contributed by atoms with Gasteiger partial charge in [0.2, 0.25) is 23.5 Å². The standard InChI is InChI=1S/C46H54F2N10O9/c1-45(40(61)44(65)51-19-27-8-13-36(66-3)37(16-27)67-4)25-46(47,48)26-58(45)39(60)20-52-43(64)34-17-32(42(63)53-34)18-38(59)56-21-30-6-5-7-31(33(30)23-56)22-57-24-35(54-55-57)28-9-11-29(12-10-28)41(62)50-15-14-49-2/h5-13,16,24,32,34,39,49,60H,14-15,17-23,25-26H2,1-4H3,(H,50,62)(H,51,65)(H,52,64)(H,53,63)/t32-,34?,39?,45-/m0/s1. The molecule has 3 aliphatic heterocycles. The smallest absolute Gasteiger partial charge is 0.289 e. The monoisotopic (exact) mass is 928 g/mol. The third-order valence-electron chi connectivity index (χ3n) is 12.4. The van der Waals surface area contributed by atoms with E-state index in [1.54, 1.807) is 46.1 Å². The first-order valence-corrected chi connectivity index (χ1v) is 21.8. The summed E-state index contributed by atoms with van der Waals surface area (Å²) in [5.41, 5.74) is 3.21. The van der Waals surface area contributed by atoms with Gasteiger partial charge in [-0.05, 0) is 66.9 Å². The third-order valence-corrected chi connectivity index (χ3v) is 12.4. The number of hydrogen-bond donors (Lipinski definition) is 6. The Morgan fingerprint density at radius 2 is 1.73 bits per heavy atom. The van der Waals surface area contributed by atoms with Crippen LogP contribution in [0.4, 0.5) is 8.78 Å². The van der Waals surface area contributed by atoms with Gasteiger partial charge in [-0.2, -0.15) is 0 Å². The van der Waals surface area contributed by atoms with E-state index >= 15 is 0 Å². The lowest BCUT2D eigenvalue weighted by atomic mass is 9.91. The van der Waals surface area contributed by atoms with Crippen molar-refractivity contribution in [2.24, 2.45) is 5.92 Å². The molecule has 2 unspecified atom stereocenters. The predicted octanol–water partition coefficient (Wildman–Crippen LogP) is 1.12. The van der Waals surface area contributed by atoms with Crippen molar-refractivity contribution in [2.45, 2.75) is 76.1 Å². The zero-order valence-corrected chi connectivity index (χ0v) is 37.6. The second-order valence-electron chi connectivity index (χ2n) is 17.1. The molecule has 19 nitrogen and oxygen atoms in total. The Bertz CT molecular complexity index is 2520. The summed E-state index contributed by atoms with van der Waals surface area (Å²) in [5, 5.41) is 33.0. The van der Waals surface area contributed by atoms with Crippen molar-refractivity contribution in [2.75, 3.05) is 47.4 Å². The van der Waals surface area contributed by atoms with Crippen molar-refractivity contribution in [3.63, 3.8) is 0 Å². The molecule has 67 heavy (non-hydrogen) atoms. The number of ether oxygens (including phenoxy) is 2. The maximum absolute atomic E-state index is 14.9. The number of aliphatic hydroxyl groups is 1. The lowest BCUT2D eigenvalue weighted by Crippen LogP contribution is -2.59. The second-order valence-corrected chi connectivity index (χ2v) is 17.1. The first-order valence-electron chi connectivity index (χ1n) is 21.8. The van der Waals surface area contributed by atoms with E-state index in [-0.39, 0.29) is 31.2 Å². The number of ketones is 1. The molecule has 2 saturated heterocycles. The number of likely N-dealkylation sites (N-methyl/N-ethyl adjacent to an activating group) is 1. The number of likely N-dealkylation sites (tertiary alicyclic amines) is 1. The van der Waals surface area contributed by atoms with E-state index in [0.717, 1.165) is 34.1 Å². The number of carbonyl (C=O) groups is 6. The van der Waals surface area contributed by atoms with E-state index in [1.165, 1.54) is 14.2 Å². The molecule has 4 aromatic rings. The van der Waals surface area contributed by atoms with Gasteiger partial charge < -0.3 is 46.1 Å². The number of aromatic nitrogens is 3. The molecule has 1 aromatic heterocycles. The molecule has 0 spiro atoms. The number of nitrogens with zero attached hydrogens (tertiary/aromatic N) is 5. The van der Waals surface area contributed by atoms with E-state index in [2.05, 4.69) is 36.9 Å². The minimum Gasteiger partial charge on any atom is -0.493 e. The molecule has 0 radical (unpaired) electrons. The summed E-state index contributed by atoms with van der Waals surface area (Å²) in [6.45, 7) is 1.53. The molecule has 0 saturated carbocycles. The van der Waals surface area contributed by atoms with Crippen LogP contribution in [-0.2, 0) is 50.2 Å². The highest BCUT2D eigenvalue weighted by atomic mass is 19.3. The van der Waals surface area contributed by atoms with E-state index < -0.39 is 72.7 Å². The van der Waals surface area contributed by atoms with Crippen molar-refractivity contribution in [3.8, 4) is 22.8 Å². The molecule has 3 aromatic carbocycles. The van der Waals surface area contributed by atoms with Crippen LogP contribution in [0.2, 0.25) is 0 Å². The summed E-state index contributed by atoms with van der Waals surface area (Å²) in [7, 11) is 4.70. The topological polar surface area (TPSA) is 238 Å². The number of benzene rings is 3. The van der Waals surface area contributed by atoms with Crippen LogP contribution >= 0.6 is 0 Å². The van der Waals surface area contributed by atoms with Gasteiger partial charge in [-0.3, -0.25) is 33.7 Å². The van der Waals surface area contributed by atoms with Crippen LogP contribution in [0.15, 0.2) is 66.9 Å². The highest BCUT2D eigenvalue weighted by molar-refractivity contribution is 6.39. The Labute approximate surface area is 384 Å². The van der Waals surface area contributed by atoms with E-state index in [9.17, 15) is 42.7 Å². The summed E-state index contributed by atoms with van der Waals surface area (Å²) in [5.74, 6) is -7.48. The summed E-state index contributed by atoms with van der Waals surface area (Å²) < 4.78 is 41.9. The third kappa shape index (κ3) is 10.9. The molecule has 2 fully saturated rings. The molecule has 3 aliphatic rings. The van der Waals surface area contributed by atoms with Gasteiger partial charge in [0.15, 0.2) is 11.5 Å². The Kier molecular flexibility index (Phi) is 14.6. The number of hydrogen-bond acceptors (Lipinski definition) is 13. The summed E-state index contributed by atoms with van der Waals surface area (Å²) >= 11 is 0. The highest BCUT2D eigenvalue weighted by Crippen LogP contribution is 2.41. The molecule has 7 rings (SSSR count). The van der Waals surface area contributed by atoms with Gasteiger partial charge in [-0.15, -0.1) is 5.10 Å². The fourth-order valence-electron chi connectivity index (χ4n) is 8.78. The van der Waals surface area contributed by atoms with Gasteiger partial charge in [0.25, 0.3) is 17.7 Å². The molecule has 0 aliphatic carbocycles. The quantitative estimate of drug-likeness (QED) is 0.0572. The van der Waals surface area contributed by atoms with Gasteiger partial charge in [0.1, 0.15) is 18.0 Å². The lowest BCUT2D eigenvalue weighted by molar-refractivity contribution is -0.148. The number of alkyl halides is 2. The van der Waals surface area contributed by atoms with E-state index in [1.807, 2.05) is 37.4 Å². The van der Waals surface area contributed by atoms with Gasteiger partial charge >= 0.3 is 0 Å². The van der Waals surface area contributed by atoms with Crippen LogP contribution in [0.3, 0.4) is 0 Å². The van der Waals surface area contributed by atoms with E-state index in [0.29, 0.717) is 61.0 Å². The maximum Gasteiger partial charge on any atom is 0.289 e. The summed E-state index contributed by atoms with van der Waals surface area (Å²) in [6, 6.07) is 16.6. The number of nitrogens with one attached hydrogen (secondary N) is 5. The number of Topliss-reactive ketones (excluding diaryl/α,β-unsaturated/α-hetero) is 1. The molecule has 356 valence electrons. The molecule has 4 atom stereocenters. The van der Waals surface area contributed by atoms with Gasteiger partial charge in [0, 0.05) is 62.6 Å². The predicted molar refractivity (Wildman–Crippen MR) is 236 cm³/mol. The van der Waals surface area contributed by atoms with Gasteiger partial charge in [-0.1, -0.05) is 41.6 Å². The van der Waals surface area contributed by atoms with Gasteiger partial charge in [0.05, 0.1) is 45.6 Å². The minimum absolute atomic E-state index is 0.0298. The normalized spacial score (nSPS) is 20.2. The summed E-state index contributed by atoms with van der Waals surface area (Å²) in [6.07, 6.45) is -1.25. The molecule has 4 heterocycles. The molecule has 5 amide bonds. The minimum atomic E-state index is -3.44. The Morgan fingerprint density at radius 3 is 2.46 bits per heavy atom. The molecular formula is C46H54F2N10O9. The number of methoxy groups -OCH3 is 2. The van der Waals surface area contributed by atoms with Gasteiger partial charge in [-0.25, -0.2) is 13.5 Å². The zero-order chi connectivity index (χ0) is 48.0. The number of carbonyl (C=O) groups excluding carboxylic acids is 6. The fraction of sp³-hybridized carbons (Fsp3) is 0.435. The molecule has 6 N–H and O–H groups in total. The van der Waals surface area contributed by atoms with Crippen molar-refractivity contribution >= 4 is 35.3 Å². The highest BCUT2D eigenvalue weighted by Gasteiger charge is 2.59. The van der Waals surface area contributed by atoms with Crippen molar-refractivity contribution in [3.05, 3.63) is 94.7 Å². The number of aliphatic hydroxyl groups excluding tert-OH is 1. The Morgan fingerprint density at radius 1 is 0.970 bits per heavy atom. The van der Waals surface area contributed by atoms with Crippen LogP contribution in [0, 0.1) is 5.92 Å². The Hall–Kier alpha value is -6.84. The number of amides is 5. The summed E-state index contributed by atoms with van der Waals surface area (Å²) in [4.78, 5) is 81.2. The first kappa shape index (κ1) is 48.1. The zero-order valence-electron chi connectivity index (χ0n) is 37.6. The number of fused-ring (bicyclic) bond motifs is 1. The van der Waals surface area contributed by atoms with Crippen molar-refractivity contribution in [1.82, 2.24) is 51.4 Å². The van der Waals surface area contributed by atoms with E-state index in [4.69, 9.17) is 9.47 Å². The first-order chi connectivity index (χ1) is 32.0. The maximum atomic E-state index is 14.9. The Balaban J connectivity index is 0.891.